The molecule has 8 atom stereocenters. The maximum absolute atomic E-state index is 13.9. The molecule has 11 aromatic rings. The number of ether oxygens (including phenoxy) is 2. The van der Waals surface area contributed by atoms with Crippen LogP contribution in [0, 0.1) is 23.7 Å². The Hall–Kier alpha value is -5.49. The molecular formula is C68H64B2N6O5Y2-2. The first-order valence-corrected chi connectivity index (χ1v) is 28.2. The number of nitrogens with zero attached hydrogens (tertiary/aromatic N) is 5. The van der Waals surface area contributed by atoms with Crippen molar-refractivity contribution in [3.8, 4) is 0 Å². The summed E-state index contributed by atoms with van der Waals surface area (Å²) in [6, 6.07) is 43.9. The molecule has 8 heterocycles. The molecule has 4 bridgehead atoms. The molecule has 11 nitrogen and oxygen atoms in total. The summed E-state index contributed by atoms with van der Waals surface area (Å²) in [4.78, 5) is 43.2. The van der Waals surface area contributed by atoms with Gasteiger partial charge in [0.1, 0.15) is 35.5 Å². The van der Waals surface area contributed by atoms with Gasteiger partial charge in [-0.25, -0.2) is 0 Å². The molecule has 2 fully saturated rings. The van der Waals surface area contributed by atoms with Crippen LogP contribution in [-0.4, -0.2) is 82.3 Å². The van der Waals surface area contributed by atoms with Gasteiger partial charge in [0.2, 0.25) is 0 Å². The van der Waals surface area contributed by atoms with E-state index in [4.69, 9.17) is 9.47 Å². The second kappa shape index (κ2) is 20.6. The monoisotopic (exact) mass is 1240 g/mol. The van der Waals surface area contributed by atoms with Crippen LogP contribution in [0.3, 0.4) is 0 Å². The Kier molecular flexibility index (Phi) is 14.4. The SMILES string of the molecule is C.CN[C@@H]1C[C@H]2O[C@@](C)([C@@H]1C)n1c3ccccc3c3c4c(c5c6ccccc6n2c5c31)C(=O)C[C-]4C.C[C-]1CC(=O)c2c1c1c3ccccc3n3c1c1c2c2ccccc2n1[C@H]1C[C@@H](N(C)C(=O)c2ccccc2)[C@@H](C)[C@]3(C)O1.[B][B].[Y].[Y]. The Morgan fingerprint density at radius 1 is 0.578 bits per heavy atom. The summed E-state index contributed by atoms with van der Waals surface area (Å²) in [5.41, 5.74) is 12.4. The minimum atomic E-state index is -0.766. The summed E-state index contributed by atoms with van der Waals surface area (Å²) in [6.07, 6.45) is 2.00. The zero-order chi connectivity index (χ0) is 55.2. The molecule has 1 N–H and O–H groups in total. The third kappa shape index (κ3) is 7.47. The number of fused-ring (bicyclic) bond motifs is 26. The molecule has 0 unspecified atom stereocenters. The topological polar surface area (TPSA) is 105 Å². The number of Topliss-reactive ketones (excluding diaryl/α,β-unsaturated/α-hetero) is 2. The van der Waals surface area contributed by atoms with E-state index in [2.05, 4.69) is 185 Å². The maximum Gasteiger partial charge on any atom is 0.253 e. The average Bonchev–Trinajstić information content (AvgIpc) is 1.58. The number of para-hydroxylation sites is 4. The Bertz CT molecular complexity index is 4550. The zero-order valence-corrected chi connectivity index (χ0v) is 53.2. The Morgan fingerprint density at radius 2 is 0.964 bits per heavy atom. The van der Waals surface area contributed by atoms with Crippen molar-refractivity contribution in [3.63, 3.8) is 0 Å². The van der Waals surface area contributed by atoms with E-state index in [9.17, 15) is 14.4 Å². The van der Waals surface area contributed by atoms with E-state index in [1.807, 2.05) is 42.3 Å². The molecule has 1 amide bonds. The smallest absolute Gasteiger partial charge is 0.253 e. The summed E-state index contributed by atoms with van der Waals surface area (Å²) >= 11 is 0. The molecule has 2 saturated heterocycles. The van der Waals surface area contributed by atoms with Gasteiger partial charge >= 0.3 is 0 Å². The number of carbonyl (C=O) groups excluding carboxylic acids is 3. The number of aromatic nitrogens is 4. The molecule has 4 aromatic heterocycles. The van der Waals surface area contributed by atoms with Crippen molar-refractivity contribution < 1.29 is 89.3 Å². The quantitative estimate of drug-likeness (QED) is 0.140. The van der Waals surface area contributed by atoms with E-state index in [0.29, 0.717) is 30.9 Å². The summed E-state index contributed by atoms with van der Waals surface area (Å²) < 4.78 is 24.1. The van der Waals surface area contributed by atoms with Gasteiger partial charge in [-0.3, -0.25) is 4.79 Å². The van der Waals surface area contributed by atoms with Gasteiger partial charge in [0.25, 0.3) is 5.91 Å². The molecule has 0 spiro atoms. The first-order valence-electron chi connectivity index (χ1n) is 28.2. The van der Waals surface area contributed by atoms with E-state index >= 15 is 0 Å². The number of amides is 1. The molecule has 0 saturated carbocycles. The van der Waals surface area contributed by atoms with Gasteiger partial charge in [-0.1, -0.05) is 148 Å². The van der Waals surface area contributed by atoms with Crippen LogP contribution in [0.25, 0.3) is 87.2 Å². The maximum atomic E-state index is 13.9. The van der Waals surface area contributed by atoms with E-state index in [1.54, 1.807) is 0 Å². The van der Waals surface area contributed by atoms with Gasteiger partial charge in [-0.2, -0.15) is 23.0 Å². The number of ketones is 2. The predicted octanol–water partition coefficient (Wildman–Crippen LogP) is 13.9. The Labute approximate surface area is 536 Å². The minimum Gasteiger partial charge on any atom is -0.338 e. The molecule has 6 radical (unpaired) electrons. The van der Waals surface area contributed by atoms with Crippen LogP contribution in [0.5, 0.6) is 0 Å². The second-order valence-electron chi connectivity index (χ2n) is 23.7. The van der Waals surface area contributed by atoms with Crippen molar-refractivity contribution >= 4 is 120 Å². The number of benzene rings is 7. The average molecular weight is 1240 g/mol. The van der Waals surface area contributed by atoms with Crippen molar-refractivity contribution in [1.29, 1.82) is 0 Å². The summed E-state index contributed by atoms with van der Waals surface area (Å²) in [5, 5.41) is 12.6. The zero-order valence-electron chi connectivity index (χ0n) is 47.5. The summed E-state index contributed by atoms with van der Waals surface area (Å²) in [5.74, 6) is 2.94. The van der Waals surface area contributed by atoms with Gasteiger partial charge in [-0.15, -0.1) is 0 Å². The van der Waals surface area contributed by atoms with E-state index < -0.39 is 11.4 Å². The van der Waals surface area contributed by atoms with Crippen molar-refractivity contribution in [3.05, 3.63) is 167 Å². The number of hydrogen-bond donors (Lipinski definition) is 1. The van der Waals surface area contributed by atoms with Gasteiger partial charge in [0.15, 0.2) is 0 Å². The van der Waals surface area contributed by atoms with Gasteiger partial charge in [0.05, 0.1) is 22.1 Å². The molecule has 17 rings (SSSR count). The van der Waals surface area contributed by atoms with E-state index in [0.717, 1.165) is 100 Å². The Morgan fingerprint density at radius 3 is 1.41 bits per heavy atom. The van der Waals surface area contributed by atoms with E-state index in [-0.39, 0.29) is 121 Å². The predicted molar refractivity (Wildman–Crippen MR) is 327 cm³/mol. The minimum absolute atomic E-state index is 0. The van der Waals surface area contributed by atoms with Crippen molar-refractivity contribution in [2.24, 2.45) is 11.8 Å². The fourth-order valence-electron chi connectivity index (χ4n) is 16.2. The molecule has 4 aliphatic heterocycles. The van der Waals surface area contributed by atoms with Gasteiger partial charge in [-0.05, 0) is 102 Å². The third-order valence-electron chi connectivity index (χ3n) is 20.0. The Balaban J connectivity index is 0.000000156. The molecule has 2 aliphatic carbocycles. The standard InChI is InChI=1S/C37H32N3O3.C30H28N3O2.CH4.B2.2Y/c1-20-18-28(41)33-30(20)31-24-15-9-11-17-26(24)40-35(31)34-32(33)23-14-8-10-16-25(23)39(34)29-19-27(21(2)37(40,3)43-29)38(4)36(42)22-12-6-5-7-13-22;1-15-13-22(34)27-24(15)25-18-10-6-8-12-21(18)33-29(25)28-26(27)17-9-5-7-11-20(17)32(28)23-14-19(31-4)16(2)30(33,3)35-23;;1-2;;/h5-17,21,27,29H,18-19H2,1-4H3;5-12,16,19,23,31H,13-14H2,1-4H3;1H4;;;/q2*-1;;;;/t21-,27-,29-,37+;16-,19-,23-,30+;;;;/m11..../s1. The van der Waals surface area contributed by atoms with Crippen LogP contribution < -0.4 is 5.32 Å². The molecular weight excluding hydrogens is 1180 g/mol. The van der Waals surface area contributed by atoms with Crippen LogP contribution in [0.4, 0.5) is 0 Å². The van der Waals surface area contributed by atoms with E-state index in [1.165, 1.54) is 27.7 Å². The number of carbonyl (C=O) groups is 3. The molecule has 6 aliphatic rings. The molecule has 410 valence electrons. The number of rotatable bonds is 3. The van der Waals surface area contributed by atoms with Crippen molar-refractivity contribution in [2.45, 2.75) is 111 Å². The molecule has 7 aromatic carbocycles. The fourth-order valence-corrected chi connectivity index (χ4v) is 16.2. The normalized spacial score (nSPS) is 24.3. The fraction of sp³-hybridized carbons (Fsp3) is 0.309. The van der Waals surface area contributed by atoms with Crippen molar-refractivity contribution in [2.75, 3.05) is 14.1 Å². The van der Waals surface area contributed by atoms with Crippen LogP contribution in [-0.2, 0) is 86.3 Å². The summed E-state index contributed by atoms with van der Waals surface area (Å²) in [6.45, 7) is 13.2. The van der Waals surface area contributed by atoms with Crippen LogP contribution >= 0.6 is 0 Å². The molecule has 15 heteroatoms. The second-order valence-corrected chi connectivity index (χ2v) is 23.7. The first kappa shape index (κ1) is 57.9. The van der Waals surface area contributed by atoms with Gasteiger partial charge < -0.3 is 47.5 Å². The van der Waals surface area contributed by atoms with Crippen LogP contribution in [0.2, 0.25) is 0 Å². The number of nitrogens with one attached hydrogen (secondary N) is 1. The van der Waals surface area contributed by atoms with Gasteiger partial charge in [0, 0.05) is 152 Å². The van der Waals surface area contributed by atoms with Crippen molar-refractivity contribution in [1.82, 2.24) is 28.5 Å². The summed E-state index contributed by atoms with van der Waals surface area (Å²) in [7, 11) is 12.0. The van der Waals surface area contributed by atoms with Crippen LogP contribution in [0.1, 0.15) is 129 Å². The molecule has 83 heavy (non-hydrogen) atoms. The first-order chi connectivity index (χ1) is 38.8. The number of hydrogen-bond acceptors (Lipinski definition) is 6. The van der Waals surface area contributed by atoms with Crippen LogP contribution in [0.15, 0.2) is 127 Å². The largest absolute Gasteiger partial charge is 0.338 e. The third-order valence-corrected chi connectivity index (χ3v) is 20.0.